The third kappa shape index (κ3) is 2.33. The van der Waals surface area contributed by atoms with E-state index in [2.05, 4.69) is 16.3 Å². The van der Waals surface area contributed by atoms with E-state index in [0.717, 1.165) is 5.92 Å². The molecule has 0 aromatic carbocycles. The predicted molar refractivity (Wildman–Crippen MR) is 54.8 cm³/mol. The molecule has 1 aliphatic rings. The van der Waals surface area contributed by atoms with Crippen molar-refractivity contribution in [1.29, 1.82) is 0 Å². The molecule has 0 saturated heterocycles. The second-order valence-corrected chi connectivity index (χ2v) is 4.05. The second-order valence-electron chi connectivity index (χ2n) is 4.05. The molecule has 0 radical (unpaired) electrons. The Labute approximate surface area is 81.2 Å². The van der Waals surface area contributed by atoms with E-state index >= 15 is 0 Å². The van der Waals surface area contributed by atoms with Crippen LogP contribution in [0.25, 0.3) is 0 Å². The lowest BCUT2D eigenvalue weighted by Crippen LogP contribution is -2.02. The minimum absolute atomic E-state index is 0. The van der Waals surface area contributed by atoms with E-state index in [1.54, 1.807) is 0 Å². The van der Waals surface area contributed by atoms with Crippen molar-refractivity contribution in [1.82, 2.24) is 10.2 Å². The summed E-state index contributed by atoms with van der Waals surface area (Å²) in [7, 11) is 0. The van der Waals surface area contributed by atoms with Crippen molar-refractivity contribution in [3.63, 3.8) is 0 Å². The highest BCUT2D eigenvalue weighted by Gasteiger charge is 2.13. The van der Waals surface area contributed by atoms with Crippen molar-refractivity contribution in [3.8, 4) is 0 Å². The molecular weight excluding hydrogens is 160 g/mol. The van der Waals surface area contributed by atoms with Crippen LogP contribution in [0.4, 0.5) is 0 Å². The first-order chi connectivity index (χ1) is 6.47. The Morgan fingerprint density at radius 3 is 2.46 bits per heavy atom. The highest BCUT2D eigenvalue weighted by molar-refractivity contribution is 5.05. The molecule has 1 fully saturated rings. The quantitative estimate of drug-likeness (QED) is 0.703. The van der Waals surface area contributed by atoms with Gasteiger partial charge in [-0.1, -0.05) is 32.1 Å². The van der Waals surface area contributed by atoms with Gasteiger partial charge in [0.05, 0.1) is 0 Å². The van der Waals surface area contributed by atoms with Crippen molar-refractivity contribution in [2.75, 3.05) is 0 Å². The molecule has 0 aliphatic heterocycles. The molecule has 0 atom stereocenters. The van der Waals surface area contributed by atoms with Gasteiger partial charge in [-0.2, -0.15) is 5.10 Å². The zero-order valence-corrected chi connectivity index (χ0v) is 8.13. The Hall–Kier alpha value is -0.790. The monoisotopic (exact) mass is 179 g/mol. The Kier molecular flexibility index (Phi) is 3.01. The fraction of sp³-hybridized carbons (Fsp3) is 0.727. The Morgan fingerprint density at radius 1 is 1.15 bits per heavy atom. The largest absolute Gasteiger partial charge is 1.00 e. The minimum atomic E-state index is 0. The van der Waals surface area contributed by atoms with Crippen LogP contribution in [0.15, 0.2) is 12.3 Å². The third-order valence-corrected chi connectivity index (χ3v) is 3.07. The fourth-order valence-electron chi connectivity index (χ4n) is 2.26. The van der Waals surface area contributed by atoms with Gasteiger partial charge in [0, 0.05) is 17.8 Å². The van der Waals surface area contributed by atoms with Crippen LogP contribution in [0.2, 0.25) is 0 Å². The number of nitrogens with one attached hydrogen (secondary N) is 1. The van der Waals surface area contributed by atoms with Gasteiger partial charge in [-0.3, -0.25) is 5.10 Å². The maximum absolute atomic E-state index is 4.03. The second kappa shape index (κ2) is 4.45. The van der Waals surface area contributed by atoms with Crippen molar-refractivity contribution in [3.05, 3.63) is 18.0 Å². The molecule has 0 bridgehead atoms. The SMILES string of the molecule is [H+].c1cc(C2CCCCCCC2)[nH]n1. The normalized spacial score (nSPS) is 20.9. The Bertz CT molecular complexity index is 225. The average molecular weight is 179 g/mol. The van der Waals surface area contributed by atoms with E-state index in [0.29, 0.717) is 0 Å². The van der Waals surface area contributed by atoms with Gasteiger partial charge in [0.1, 0.15) is 0 Å². The molecule has 13 heavy (non-hydrogen) atoms. The summed E-state index contributed by atoms with van der Waals surface area (Å²) in [6.07, 6.45) is 11.6. The van der Waals surface area contributed by atoms with Gasteiger partial charge < -0.3 is 0 Å². The molecule has 2 heteroatoms. The molecule has 0 amide bonds. The molecule has 72 valence electrons. The van der Waals surface area contributed by atoms with Gasteiger partial charge in [0.25, 0.3) is 0 Å². The van der Waals surface area contributed by atoms with Crippen molar-refractivity contribution >= 4 is 0 Å². The van der Waals surface area contributed by atoms with E-state index in [1.165, 1.54) is 50.6 Å². The number of nitrogens with zero attached hydrogens (tertiary/aromatic N) is 1. The predicted octanol–water partition coefficient (Wildman–Crippen LogP) is 3.35. The molecule has 2 nitrogen and oxygen atoms in total. The summed E-state index contributed by atoms with van der Waals surface area (Å²) in [5.74, 6) is 0.753. The third-order valence-electron chi connectivity index (χ3n) is 3.07. The van der Waals surface area contributed by atoms with Gasteiger partial charge in [-0.05, 0) is 18.9 Å². The smallest absolute Gasteiger partial charge is 0.282 e. The standard InChI is InChI=1S/C11H18N2/c1-2-4-6-10(7-5-3-1)11-8-9-12-13-11/h8-10H,1-7H2,(H,12,13)/p+1. The van der Waals surface area contributed by atoms with Crippen molar-refractivity contribution in [2.45, 2.75) is 50.9 Å². The summed E-state index contributed by atoms with van der Waals surface area (Å²) in [4.78, 5) is 0. The highest BCUT2D eigenvalue weighted by Crippen LogP contribution is 2.29. The summed E-state index contributed by atoms with van der Waals surface area (Å²) in [5.41, 5.74) is 1.35. The van der Waals surface area contributed by atoms with Crippen LogP contribution in [0.1, 0.15) is 58.0 Å². The zero-order valence-electron chi connectivity index (χ0n) is 9.13. The number of aromatic nitrogens is 2. The molecule has 1 saturated carbocycles. The molecule has 1 aliphatic carbocycles. The Balaban J connectivity index is 0.000000980. The summed E-state index contributed by atoms with van der Waals surface area (Å²) in [6, 6.07) is 2.13. The van der Waals surface area contributed by atoms with E-state index in [1.807, 2.05) is 6.20 Å². The van der Waals surface area contributed by atoms with Gasteiger partial charge in [0.15, 0.2) is 0 Å². The first kappa shape index (κ1) is 8.79. The summed E-state index contributed by atoms with van der Waals surface area (Å²) in [6.45, 7) is 0. The van der Waals surface area contributed by atoms with Gasteiger partial charge in [-0.25, -0.2) is 0 Å². The maximum atomic E-state index is 4.03. The topological polar surface area (TPSA) is 28.7 Å². The first-order valence-corrected chi connectivity index (χ1v) is 5.46. The first-order valence-electron chi connectivity index (χ1n) is 5.46. The van der Waals surface area contributed by atoms with Crippen LogP contribution in [0.3, 0.4) is 0 Å². The van der Waals surface area contributed by atoms with Gasteiger partial charge in [-0.15, -0.1) is 0 Å². The van der Waals surface area contributed by atoms with Crippen LogP contribution in [-0.2, 0) is 0 Å². The van der Waals surface area contributed by atoms with Gasteiger partial charge in [0.2, 0.25) is 0 Å². The average Bonchev–Trinajstić information content (AvgIpc) is 2.55. The Morgan fingerprint density at radius 2 is 1.85 bits per heavy atom. The lowest BCUT2D eigenvalue weighted by atomic mass is 9.89. The van der Waals surface area contributed by atoms with Gasteiger partial charge >= 0.3 is 1.43 Å². The van der Waals surface area contributed by atoms with Crippen LogP contribution < -0.4 is 0 Å². The lowest BCUT2D eigenvalue weighted by molar-refractivity contribution is 0.449. The number of aromatic amines is 1. The van der Waals surface area contributed by atoms with Crippen LogP contribution in [0.5, 0.6) is 0 Å². The molecule has 1 N–H and O–H groups in total. The molecule has 0 spiro atoms. The number of hydrogen-bond donors (Lipinski definition) is 1. The van der Waals surface area contributed by atoms with Crippen molar-refractivity contribution < 1.29 is 1.43 Å². The summed E-state index contributed by atoms with van der Waals surface area (Å²) in [5, 5.41) is 7.13. The molecule has 1 aromatic rings. The summed E-state index contributed by atoms with van der Waals surface area (Å²) < 4.78 is 0. The van der Waals surface area contributed by atoms with Crippen LogP contribution in [0, 0.1) is 0 Å². The van der Waals surface area contributed by atoms with E-state index < -0.39 is 0 Å². The molecular formula is C11H19N2+. The minimum Gasteiger partial charge on any atom is -0.282 e. The number of rotatable bonds is 1. The summed E-state index contributed by atoms with van der Waals surface area (Å²) >= 11 is 0. The number of H-pyrrole nitrogens is 1. The maximum Gasteiger partial charge on any atom is 1.00 e. The fourth-order valence-corrected chi connectivity index (χ4v) is 2.26. The molecule has 0 unspecified atom stereocenters. The van der Waals surface area contributed by atoms with Crippen LogP contribution >= 0.6 is 0 Å². The van der Waals surface area contributed by atoms with E-state index in [-0.39, 0.29) is 1.43 Å². The van der Waals surface area contributed by atoms with E-state index in [4.69, 9.17) is 0 Å². The van der Waals surface area contributed by atoms with E-state index in [9.17, 15) is 0 Å². The van der Waals surface area contributed by atoms with Crippen molar-refractivity contribution in [2.24, 2.45) is 0 Å². The van der Waals surface area contributed by atoms with Crippen LogP contribution in [-0.4, -0.2) is 10.2 Å². The molecule has 2 rings (SSSR count). The molecule has 1 aromatic heterocycles. The zero-order chi connectivity index (χ0) is 8.93. The highest BCUT2D eigenvalue weighted by atomic mass is 15.1. The lowest BCUT2D eigenvalue weighted by Gasteiger charge is -2.17. The molecule has 1 heterocycles. The number of hydrogen-bond acceptors (Lipinski definition) is 1.